The van der Waals surface area contributed by atoms with Crippen molar-refractivity contribution in [3.8, 4) is 5.69 Å². The van der Waals surface area contributed by atoms with E-state index in [9.17, 15) is 0 Å². The number of aromatic nitrogens is 3. The molecule has 3 rings (SSSR count). The van der Waals surface area contributed by atoms with Crippen LogP contribution in [0.15, 0.2) is 59.7 Å². The summed E-state index contributed by atoms with van der Waals surface area (Å²) in [6.07, 6.45) is 1.73. The zero-order valence-electron chi connectivity index (χ0n) is 10.8. The van der Waals surface area contributed by atoms with E-state index in [4.69, 9.17) is 12.2 Å². The van der Waals surface area contributed by atoms with Crippen LogP contribution in [0.2, 0.25) is 0 Å². The van der Waals surface area contributed by atoms with Crippen molar-refractivity contribution in [1.82, 2.24) is 13.5 Å². The zero-order chi connectivity index (χ0) is 13.9. The predicted octanol–water partition coefficient (Wildman–Crippen LogP) is 3.23. The van der Waals surface area contributed by atoms with Crippen LogP contribution in [0.5, 0.6) is 0 Å². The Morgan fingerprint density at radius 2 is 1.85 bits per heavy atom. The molecule has 6 heteroatoms. The predicted molar refractivity (Wildman–Crippen MR) is 82.9 cm³/mol. The molecule has 2 aromatic heterocycles. The second kappa shape index (κ2) is 5.52. The Labute approximate surface area is 125 Å². The first-order valence-corrected chi connectivity index (χ1v) is 7.24. The highest BCUT2D eigenvalue weighted by Crippen LogP contribution is 2.11. The third-order valence-electron chi connectivity index (χ3n) is 2.77. The number of para-hydroxylation sites is 1. The summed E-state index contributed by atoms with van der Waals surface area (Å²) in [4.78, 5) is 9.56. The minimum Gasteiger partial charge on any atom is -0.295 e. The molecule has 0 unspecified atom stereocenters. The average molecular weight is 300 g/mol. The van der Waals surface area contributed by atoms with Crippen molar-refractivity contribution in [3.63, 3.8) is 0 Å². The van der Waals surface area contributed by atoms with Gasteiger partial charge in [0.1, 0.15) is 0 Å². The molecule has 100 valence electrons. The molecule has 0 radical (unpaired) electrons. The lowest BCUT2D eigenvalue weighted by Crippen LogP contribution is -2.09. The SMILES string of the molecule is Cn1c(=S)n(-c2ccccc2)s/c1=N\c1ccccn1. The Morgan fingerprint density at radius 1 is 1.10 bits per heavy atom. The third kappa shape index (κ3) is 2.48. The molecule has 0 atom stereocenters. The van der Waals surface area contributed by atoms with Gasteiger partial charge in [-0.25, -0.2) is 8.94 Å². The quantitative estimate of drug-likeness (QED) is 0.681. The van der Waals surface area contributed by atoms with Crippen molar-refractivity contribution in [3.05, 3.63) is 64.3 Å². The number of rotatable bonds is 2. The van der Waals surface area contributed by atoms with Crippen LogP contribution in [0.3, 0.4) is 0 Å². The maximum atomic E-state index is 5.47. The van der Waals surface area contributed by atoms with E-state index >= 15 is 0 Å². The topological polar surface area (TPSA) is 35.1 Å². The number of hydrogen-bond acceptors (Lipinski definition) is 4. The summed E-state index contributed by atoms with van der Waals surface area (Å²) < 4.78 is 4.59. The van der Waals surface area contributed by atoms with Gasteiger partial charge in [-0.15, -0.1) is 0 Å². The zero-order valence-corrected chi connectivity index (χ0v) is 12.4. The van der Waals surface area contributed by atoms with Gasteiger partial charge in [0.25, 0.3) is 0 Å². The van der Waals surface area contributed by atoms with E-state index in [1.54, 1.807) is 6.20 Å². The fraction of sp³-hybridized carbons (Fsp3) is 0.0714. The molecule has 2 heterocycles. The van der Waals surface area contributed by atoms with Crippen LogP contribution in [0.4, 0.5) is 5.82 Å². The Bertz CT molecular complexity index is 829. The Kier molecular flexibility index (Phi) is 3.58. The molecule has 0 aliphatic carbocycles. The molecule has 0 saturated heterocycles. The Morgan fingerprint density at radius 3 is 2.55 bits per heavy atom. The molecule has 0 aliphatic rings. The monoisotopic (exact) mass is 300 g/mol. The number of benzene rings is 1. The van der Waals surface area contributed by atoms with Crippen molar-refractivity contribution in [2.75, 3.05) is 0 Å². The largest absolute Gasteiger partial charge is 0.295 e. The molecule has 20 heavy (non-hydrogen) atoms. The second-order valence-electron chi connectivity index (χ2n) is 4.15. The smallest absolute Gasteiger partial charge is 0.210 e. The number of nitrogens with zero attached hydrogens (tertiary/aromatic N) is 4. The Hall–Kier alpha value is -2.05. The lowest BCUT2D eigenvalue weighted by molar-refractivity contribution is 0.822. The number of pyridine rings is 1. The molecule has 0 aliphatic heterocycles. The summed E-state index contributed by atoms with van der Waals surface area (Å²) in [6.45, 7) is 0. The van der Waals surface area contributed by atoms with Gasteiger partial charge in [0.15, 0.2) is 10.6 Å². The minimum atomic E-state index is 0.680. The summed E-state index contributed by atoms with van der Waals surface area (Å²) in [5.74, 6) is 0.680. The van der Waals surface area contributed by atoms with Crippen LogP contribution in [0.1, 0.15) is 0 Å². The van der Waals surface area contributed by atoms with Crippen molar-refractivity contribution in [2.24, 2.45) is 12.0 Å². The van der Waals surface area contributed by atoms with Crippen molar-refractivity contribution < 1.29 is 0 Å². The summed E-state index contributed by atoms with van der Waals surface area (Å²) in [7, 11) is 1.92. The summed E-state index contributed by atoms with van der Waals surface area (Å²) in [5.41, 5.74) is 1.04. The molecule has 0 amide bonds. The van der Waals surface area contributed by atoms with Crippen LogP contribution < -0.4 is 4.80 Å². The first kappa shape index (κ1) is 13.0. The van der Waals surface area contributed by atoms with Gasteiger partial charge in [0, 0.05) is 13.2 Å². The van der Waals surface area contributed by atoms with E-state index < -0.39 is 0 Å². The molecule has 0 N–H and O–H groups in total. The summed E-state index contributed by atoms with van der Waals surface area (Å²) >= 11 is 6.97. The van der Waals surface area contributed by atoms with E-state index in [-0.39, 0.29) is 0 Å². The molecule has 0 spiro atoms. The molecule has 4 nitrogen and oxygen atoms in total. The second-order valence-corrected chi connectivity index (χ2v) is 5.42. The molecular formula is C14H12N4S2. The normalized spacial score (nSPS) is 11.8. The fourth-order valence-electron chi connectivity index (χ4n) is 1.74. The van der Waals surface area contributed by atoms with Crippen LogP contribution in [-0.2, 0) is 7.05 Å². The van der Waals surface area contributed by atoms with Gasteiger partial charge in [0.2, 0.25) is 4.80 Å². The third-order valence-corrected chi connectivity index (χ3v) is 4.44. The molecule has 3 aromatic rings. The van der Waals surface area contributed by atoms with Crippen molar-refractivity contribution >= 4 is 29.6 Å². The molecular weight excluding hydrogens is 288 g/mol. The van der Waals surface area contributed by atoms with E-state index in [1.807, 2.05) is 64.1 Å². The standard InChI is InChI=1S/C14H12N4S2/c1-17-13(16-12-9-5-6-10-15-12)20-18(14(17)19)11-7-3-2-4-8-11/h2-10H,1H3/b16-13-. The molecule has 0 fully saturated rings. The van der Waals surface area contributed by atoms with Crippen molar-refractivity contribution in [2.45, 2.75) is 0 Å². The summed E-state index contributed by atoms with van der Waals surface area (Å²) in [6, 6.07) is 15.7. The maximum absolute atomic E-state index is 5.47. The maximum Gasteiger partial charge on any atom is 0.210 e. The van der Waals surface area contributed by atoms with Crippen LogP contribution in [0.25, 0.3) is 5.69 Å². The van der Waals surface area contributed by atoms with E-state index in [2.05, 4.69) is 9.98 Å². The highest BCUT2D eigenvalue weighted by molar-refractivity contribution is 7.71. The van der Waals surface area contributed by atoms with Crippen LogP contribution in [-0.4, -0.2) is 13.5 Å². The molecule has 1 aromatic carbocycles. The lowest BCUT2D eigenvalue weighted by Gasteiger charge is -1.98. The van der Waals surface area contributed by atoms with Crippen LogP contribution >= 0.6 is 23.8 Å². The average Bonchev–Trinajstić information content (AvgIpc) is 2.78. The van der Waals surface area contributed by atoms with E-state index in [1.165, 1.54) is 11.5 Å². The van der Waals surface area contributed by atoms with E-state index in [0.717, 1.165) is 15.3 Å². The van der Waals surface area contributed by atoms with Crippen LogP contribution in [0, 0.1) is 4.77 Å². The number of hydrogen-bond donors (Lipinski definition) is 0. The van der Waals surface area contributed by atoms with Gasteiger partial charge >= 0.3 is 0 Å². The fourth-order valence-corrected chi connectivity index (χ4v) is 3.04. The highest BCUT2D eigenvalue weighted by atomic mass is 32.1. The Balaban J connectivity index is 2.17. The summed E-state index contributed by atoms with van der Waals surface area (Å²) in [5, 5.41) is 0. The molecule has 0 saturated carbocycles. The lowest BCUT2D eigenvalue weighted by atomic mass is 10.3. The van der Waals surface area contributed by atoms with E-state index in [0.29, 0.717) is 5.82 Å². The van der Waals surface area contributed by atoms with Gasteiger partial charge in [-0.05, 0) is 48.0 Å². The first-order valence-electron chi connectivity index (χ1n) is 6.06. The van der Waals surface area contributed by atoms with Gasteiger partial charge in [-0.1, -0.05) is 24.3 Å². The van der Waals surface area contributed by atoms with Gasteiger partial charge in [-0.2, -0.15) is 4.99 Å². The van der Waals surface area contributed by atoms with Crippen molar-refractivity contribution in [1.29, 1.82) is 0 Å². The molecule has 0 bridgehead atoms. The van der Waals surface area contributed by atoms with Gasteiger partial charge in [-0.3, -0.25) is 4.57 Å². The first-order chi connectivity index (χ1) is 9.75. The van der Waals surface area contributed by atoms with Gasteiger partial charge < -0.3 is 0 Å². The minimum absolute atomic E-state index is 0.680. The van der Waals surface area contributed by atoms with Gasteiger partial charge in [0.05, 0.1) is 5.69 Å². The highest BCUT2D eigenvalue weighted by Gasteiger charge is 2.04.